The summed E-state index contributed by atoms with van der Waals surface area (Å²) in [7, 11) is 0. The third kappa shape index (κ3) is 3.75. The normalized spacial score (nSPS) is 11.4. The third-order valence-corrected chi connectivity index (χ3v) is 4.00. The van der Waals surface area contributed by atoms with Crippen molar-refractivity contribution in [3.05, 3.63) is 50.2 Å². The van der Waals surface area contributed by atoms with Gasteiger partial charge in [-0.25, -0.2) is 9.37 Å². The Morgan fingerprint density at radius 3 is 2.71 bits per heavy atom. The van der Waals surface area contributed by atoms with Gasteiger partial charge in [0.05, 0.1) is 15.6 Å². The monoisotopic (exact) mass is 310 g/mol. The standard InChI is InChI=1S/C14H15FN2O3S/c1-14(2,3)13-16-10(8-21-13)7-20-12-6-9(15)4-5-11(12)17(18)19/h4-6,8H,7H2,1-3H3. The van der Waals surface area contributed by atoms with E-state index in [4.69, 9.17) is 4.74 Å². The zero-order chi connectivity index (χ0) is 15.6. The Balaban J connectivity index is 2.15. The van der Waals surface area contributed by atoms with Gasteiger partial charge in [0.15, 0.2) is 5.75 Å². The van der Waals surface area contributed by atoms with Gasteiger partial charge in [-0.15, -0.1) is 11.3 Å². The van der Waals surface area contributed by atoms with E-state index >= 15 is 0 Å². The SMILES string of the molecule is CC(C)(C)c1nc(COc2cc(F)ccc2[N+](=O)[O-])cs1. The molecular weight excluding hydrogens is 295 g/mol. The topological polar surface area (TPSA) is 65.3 Å². The van der Waals surface area contributed by atoms with Gasteiger partial charge in [0, 0.05) is 22.9 Å². The fraction of sp³-hybridized carbons (Fsp3) is 0.357. The first-order chi connectivity index (χ1) is 9.77. The second-order valence-electron chi connectivity index (χ2n) is 5.55. The van der Waals surface area contributed by atoms with Gasteiger partial charge in [-0.1, -0.05) is 20.8 Å². The molecule has 0 N–H and O–H groups in total. The number of nitro groups is 1. The number of ether oxygens (including phenoxy) is 1. The van der Waals surface area contributed by atoms with Crippen LogP contribution >= 0.6 is 11.3 Å². The van der Waals surface area contributed by atoms with Crippen LogP contribution in [0.25, 0.3) is 0 Å². The minimum Gasteiger partial charge on any atom is -0.480 e. The van der Waals surface area contributed by atoms with Crippen LogP contribution in [0.3, 0.4) is 0 Å². The number of benzene rings is 1. The predicted octanol–water partition coefficient (Wildman–Crippen LogP) is 4.07. The molecule has 0 aliphatic heterocycles. The highest BCUT2D eigenvalue weighted by atomic mass is 32.1. The van der Waals surface area contributed by atoms with Gasteiger partial charge in [-0.05, 0) is 6.07 Å². The minimum atomic E-state index is -0.601. The molecule has 0 unspecified atom stereocenters. The summed E-state index contributed by atoms with van der Waals surface area (Å²) < 4.78 is 18.5. The van der Waals surface area contributed by atoms with E-state index in [0.29, 0.717) is 5.69 Å². The van der Waals surface area contributed by atoms with Crippen molar-refractivity contribution in [1.82, 2.24) is 4.98 Å². The smallest absolute Gasteiger partial charge is 0.311 e. The lowest BCUT2D eigenvalue weighted by Crippen LogP contribution is -2.10. The summed E-state index contributed by atoms with van der Waals surface area (Å²) in [6.45, 7) is 6.21. The number of thiazole rings is 1. The van der Waals surface area contributed by atoms with Crippen molar-refractivity contribution >= 4 is 17.0 Å². The molecule has 7 heteroatoms. The molecule has 2 aromatic rings. The summed E-state index contributed by atoms with van der Waals surface area (Å²) in [5.74, 6) is -0.672. The molecule has 1 aromatic carbocycles. The van der Waals surface area contributed by atoms with Crippen molar-refractivity contribution in [1.29, 1.82) is 0 Å². The van der Waals surface area contributed by atoms with E-state index in [0.717, 1.165) is 23.2 Å². The van der Waals surface area contributed by atoms with E-state index in [1.807, 2.05) is 26.2 Å². The Kier molecular flexibility index (Phi) is 4.22. The van der Waals surface area contributed by atoms with E-state index in [-0.39, 0.29) is 23.5 Å². The molecule has 1 aromatic heterocycles. The zero-order valence-corrected chi connectivity index (χ0v) is 12.7. The van der Waals surface area contributed by atoms with Gasteiger partial charge in [-0.2, -0.15) is 0 Å². The van der Waals surface area contributed by atoms with Gasteiger partial charge in [-0.3, -0.25) is 10.1 Å². The largest absolute Gasteiger partial charge is 0.480 e. The maximum Gasteiger partial charge on any atom is 0.311 e. The van der Waals surface area contributed by atoms with Crippen molar-refractivity contribution < 1.29 is 14.1 Å². The number of nitrogens with zero attached hydrogens (tertiary/aromatic N) is 2. The minimum absolute atomic E-state index is 0.0617. The molecule has 1 heterocycles. The van der Waals surface area contributed by atoms with Gasteiger partial charge < -0.3 is 4.74 Å². The average molecular weight is 310 g/mol. The zero-order valence-electron chi connectivity index (χ0n) is 11.9. The fourth-order valence-corrected chi connectivity index (χ4v) is 2.52. The number of rotatable bonds is 4. The van der Waals surface area contributed by atoms with Crippen LogP contribution in [0.4, 0.5) is 10.1 Å². The van der Waals surface area contributed by atoms with Crippen LogP contribution in [0.2, 0.25) is 0 Å². The predicted molar refractivity (Wildman–Crippen MR) is 78.2 cm³/mol. The fourth-order valence-electron chi connectivity index (χ4n) is 1.62. The van der Waals surface area contributed by atoms with Crippen molar-refractivity contribution in [3.8, 4) is 5.75 Å². The number of hydrogen-bond acceptors (Lipinski definition) is 5. The second kappa shape index (κ2) is 5.77. The lowest BCUT2D eigenvalue weighted by atomic mass is 9.98. The summed E-state index contributed by atoms with van der Waals surface area (Å²) in [4.78, 5) is 14.7. The molecule has 21 heavy (non-hydrogen) atoms. The van der Waals surface area contributed by atoms with Crippen LogP contribution < -0.4 is 4.74 Å². The quantitative estimate of drug-likeness (QED) is 0.631. The van der Waals surface area contributed by atoms with E-state index in [2.05, 4.69) is 4.98 Å². The Hall–Kier alpha value is -2.02. The Labute approximate surface area is 125 Å². The summed E-state index contributed by atoms with van der Waals surface area (Å²) in [6.07, 6.45) is 0. The number of aromatic nitrogens is 1. The molecule has 5 nitrogen and oxygen atoms in total. The molecule has 2 rings (SSSR count). The highest BCUT2D eigenvalue weighted by molar-refractivity contribution is 7.09. The molecule has 112 valence electrons. The first-order valence-corrected chi connectivity index (χ1v) is 7.17. The lowest BCUT2D eigenvalue weighted by molar-refractivity contribution is -0.386. The van der Waals surface area contributed by atoms with Crippen LogP contribution in [-0.4, -0.2) is 9.91 Å². The average Bonchev–Trinajstić information content (AvgIpc) is 2.84. The highest BCUT2D eigenvalue weighted by Crippen LogP contribution is 2.29. The summed E-state index contributed by atoms with van der Waals surface area (Å²) in [5.41, 5.74) is 0.347. The molecule has 0 fully saturated rings. The third-order valence-electron chi connectivity index (χ3n) is 2.69. The van der Waals surface area contributed by atoms with E-state index in [9.17, 15) is 14.5 Å². The first-order valence-electron chi connectivity index (χ1n) is 6.29. The summed E-state index contributed by atoms with van der Waals surface area (Å²) in [5, 5.41) is 13.7. The van der Waals surface area contributed by atoms with E-state index in [1.165, 1.54) is 11.3 Å². The molecule has 0 radical (unpaired) electrons. The molecular formula is C14H15FN2O3S. The molecule has 0 amide bonds. The van der Waals surface area contributed by atoms with Crippen molar-refractivity contribution in [2.75, 3.05) is 0 Å². The molecule has 0 saturated carbocycles. The van der Waals surface area contributed by atoms with Crippen LogP contribution in [0, 0.1) is 15.9 Å². The van der Waals surface area contributed by atoms with E-state index in [1.54, 1.807) is 0 Å². The van der Waals surface area contributed by atoms with Crippen molar-refractivity contribution in [2.45, 2.75) is 32.8 Å². The number of halogens is 1. The van der Waals surface area contributed by atoms with E-state index < -0.39 is 10.7 Å². The van der Waals surface area contributed by atoms with Gasteiger partial charge >= 0.3 is 5.69 Å². The maximum absolute atomic E-state index is 13.2. The molecule has 0 saturated heterocycles. The molecule has 0 bridgehead atoms. The first kappa shape index (κ1) is 15.4. The lowest BCUT2D eigenvalue weighted by Gasteiger charge is -2.13. The Bertz CT molecular complexity index is 664. The Morgan fingerprint density at radius 2 is 2.14 bits per heavy atom. The molecule has 0 atom stereocenters. The number of nitro benzene ring substituents is 1. The van der Waals surface area contributed by atoms with Crippen LogP contribution in [0.1, 0.15) is 31.5 Å². The molecule has 0 aliphatic carbocycles. The number of hydrogen-bond donors (Lipinski definition) is 0. The molecule has 0 aliphatic rings. The van der Waals surface area contributed by atoms with Crippen LogP contribution in [-0.2, 0) is 12.0 Å². The van der Waals surface area contributed by atoms with Gasteiger partial charge in [0.2, 0.25) is 0 Å². The maximum atomic E-state index is 13.2. The highest BCUT2D eigenvalue weighted by Gasteiger charge is 2.19. The molecule has 0 spiro atoms. The van der Waals surface area contributed by atoms with Gasteiger partial charge in [0.25, 0.3) is 0 Å². The second-order valence-corrected chi connectivity index (χ2v) is 6.41. The van der Waals surface area contributed by atoms with Crippen molar-refractivity contribution in [2.24, 2.45) is 0 Å². The van der Waals surface area contributed by atoms with Crippen LogP contribution in [0.5, 0.6) is 5.75 Å². The van der Waals surface area contributed by atoms with Crippen molar-refractivity contribution in [3.63, 3.8) is 0 Å². The summed E-state index contributed by atoms with van der Waals surface area (Å²) in [6, 6.07) is 3.13. The van der Waals surface area contributed by atoms with Crippen LogP contribution in [0.15, 0.2) is 23.6 Å². The van der Waals surface area contributed by atoms with Gasteiger partial charge in [0.1, 0.15) is 12.4 Å². The summed E-state index contributed by atoms with van der Waals surface area (Å²) >= 11 is 1.51. The Morgan fingerprint density at radius 1 is 1.43 bits per heavy atom.